The Morgan fingerprint density at radius 1 is 1.02 bits per heavy atom. The molecule has 0 aliphatic heterocycles. The standard InChI is InChI=1S/C25H21ClFN7O5S/c1-4-39-18-10-5-7-15(30-18)23-33-22-24(34(23)20-16(37-2)8-6-9-17(20)38-3)31-19(21(26)32-22)14-11-13(27)12-29-25(14)40(28,35)36/h5-12H,4H2,1-3H3,(H2,28,35,36). The Bertz CT molecular complexity index is 1840. The minimum Gasteiger partial charge on any atom is -0.494 e. The third-order valence-electron chi connectivity index (χ3n) is 5.67. The number of primary sulfonamides is 1. The second kappa shape index (κ2) is 10.6. The van der Waals surface area contributed by atoms with Crippen molar-refractivity contribution in [3.63, 3.8) is 0 Å². The number of methoxy groups -OCH3 is 2. The molecule has 1 aromatic carbocycles. The third kappa shape index (κ3) is 4.87. The molecule has 206 valence electrons. The lowest BCUT2D eigenvalue weighted by atomic mass is 10.2. The second-order valence-corrected chi connectivity index (χ2v) is 9.97. The van der Waals surface area contributed by atoms with Gasteiger partial charge in [0.1, 0.15) is 34.4 Å². The second-order valence-electron chi connectivity index (χ2n) is 8.14. The van der Waals surface area contributed by atoms with Crippen molar-refractivity contribution in [2.45, 2.75) is 11.9 Å². The van der Waals surface area contributed by atoms with Gasteiger partial charge in [-0.15, -0.1) is 0 Å². The van der Waals surface area contributed by atoms with E-state index in [0.717, 1.165) is 12.3 Å². The number of pyridine rings is 2. The third-order valence-corrected chi connectivity index (χ3v) is 6.79. The normalized spacial score (nSPS) is 11.6. The maximum absolute atomic E-state index is 14.3. The number of para-hydroxylation sites is 1. The van der Waals surface area contributed by atoms with Crippen LogP contribution in [0.4, 0.5) is 4.39 Å². The number of hydrogen-bond donors (Lipinski definition) is 1. The zero-order chi connectivity index (χ0) is 28.6. The molecule has 0 spiro atoms. The predicted octanol–water partition coefficient (Wildman–Crippen LogP) is 3.80. The lowest BCUT2D eigenvalue weighted by Gasteiger charge is -2.16. The van der Waals surface area contributed by atoms with E-state index in [9.17, 15) is 12.8 Å². The van der Waals surface area contributed by atoms with Crippen LogP contribution < -0.4 is 19.3 Å². The topological polar surface area (TPSA) is 157 Å². The number of imidazole rings is 1. The lowest BCUT2D eigenvalue weighted by Crippen LogP contribution is -2.16. The molecule has 0 atom stereocenters. The predicted molar refractivity (Wildman–Crippen MR) is 144 cm³/mol. The van der Waals surface area contributed by atoms with Gasteiger partial charge in [0.25, 0.3) is 10.0 Å². The maximum atomic E-state index is 14.3. The maximum Gasteiger partial charge on any atom is 0.256 e. The Kier molecular flexibility index (Phi) is 7.23. The SMILES string of the molecule is CCOc1cccc(-c2nc3nc(Cl)c(-c4cc(F)cnc4S(N)(=O)=O)nc3n2-c2c(OC)cccc2OC)n1. The first-order valence-corrected chi connectivity index (χ1v) is 13.5. The Balaban J connectivity index is 1.91. The first-order valence-electron chi connectivity index (χ1n) is 11.6. The van der Waals surface area contributed by atoms with Gasteiger partial charge in [-0.25, -0.2) is 42.9 Å². The summed E-state index contributed by atoms with van der Waals surface area (Å²) in [5.41, 5.74) is 0.476. The lowest BCUT2D eigenvalue weighted by molar-refractivity contribution is 0.327. The molecule has 4 aromatic heterocycles. The summed E-state index contributed by atoms with van der Waals surface area (Å²) >= 11 is 6.46. The Labute approximate surface area is 232 Å². The zero-order valence-corrected chi connectivity index (χ0v) is 22.9. The summed E-state index contributed by atoms with van der Waals surface area (Å²) in [7, 11) is -1.43. The summed E-state index contributed by atoms with van der Waals surface area (Å²) in [6.07, 6.45) is 0.724. The van der Waals surface area contributed by atoms with E-state index in [1.165, 1.54) is 14.2 Å². The zero-order valence-electron chi connectivity index (χ0n) is 21.3. The van der Waals surface area contributed by atoms with Gasteiger partial charge in [0, 0.05) is 11.6 Å². The molecular formula is C25H21ClFN7O5S. The largest absolute Gasteiger partial charge is 0.494 e. The van der Waals surface area contributed by atoms with Gasteiger partial charge in [-0.2, -0.15) is 0 Å². The van der Waals surface area contributed by atoms with E-state index < -0.39 is 20.9 Å². The molecule has 0 aliphatic rings. The van der Waals surface area contributed by atoms with Gasteiger partial charge < -0.3 is 14.2 Å². The highest BCUT2D eigenvalue weighted by molar-refractivity contribution is 7.89. The van der Waals surface area contributed by atoms with Gasteiger partial charge in [0.15, 0.2) is 27.3 Å². The van der Waals surface area contributed by atoms with Crippen LogP contribution in [0.15, 0.2) is 53.7 Å². The number of rotatable bonds is 8. The molecule has 4 heterocycles. The highest BCUT2D eigenvalue weighted by Gasteiger charge is 2.27. The van der Waals surface area contributed by atoms with E-state index in [1.807, 2.05) is 6.92 Å². The van der Waals surface area contributed by atoms with Crippen LogP contribution in [0, 0.1) is 5.82 Å². The molecule has 0 radical (unpaired) electrons. The number of nitrogens with zero attached hydrogens (tertiary/aromatic N) is 6. The average Bonchev–Trinajstić information content (AvgIpc) is 3.29. The fourth-order valence-electron chi connectivity index (χ4n) is 4.07. The van der Waals surface area contributed by atoms with Crippen molar-refractivity contribution in [3.05, 3.63) is 59.6 Å². The van der Waals surface area contributed by atoms with E-state index in [2.05, 4.69) is 24.9 Å². The number of aromatic nitrogens is 6. The van der Waals surface area contributed by atoms with Crippen molar-refractivity contribution in [2.24, 2.45) is 5.14 Å². The smallest absolute Gasteiger partial charge is 0.256 e. The molecule has 40 heavy (non-hydrogen) atoms. The van der Waals surface area contributed by atoms with Gasteiger partial charge in [0.05, 0.1) is 27.0 Å². The fourth-order valence-corrected chi connectivity index (χ4v) is 4.96. The molecule has 0 unspecified atom stereocenters. The summed E-state index contributed by atoms with van der Waals surface area (Å²) in [4.78, 5) is 21.8. The number of sulfonamides is 1. The summed E-state index contributed by atoms with van der Waals surface area (Å²) < 4.78 is 57.2. The highest BCUT2D eigenvalue weighted by atomic mass is 35.5. The van der Waals surface area contributed by atoms with Crippen LogP contribution in [0.5, 0.6) is 17.4 Å². The number of benzene rings is 1. The highest BCUT2D eigenvalue weighted by Crippen LogP contribution is 2.39. The molecule has 0 saturated carbocycles. The summed E-state index contributed by atoms with van der Waals surface area (Å²) in [5, 5.41) is 4.46. The van der Waals surface area contributed by atoms with Crippen molar-refractivity contribution in [2.75, 3.05) is 20.8 Å². The van der Waals surface area contributed by atoms with Crippen LogP contribution in [0.3, 0.4) is 0 Å². The monoisotopic (exact) mass is 585 g/mol. The molecule has 12 nitrogen and oxygen atoms in total. The minimum absolute atomic E-state index is 0.0711. The number of halogens is 2. The first-order chi connectivity index (χ1) is 19.2. The van der Waals surface area contributed by atoms with Crippen molar-refractivity contribution >= 4 is 32.9 Å². The molecule has 0 saturated heterocycles. The van der Waals surface area contributed by atoms with Gasteiger partial charge >= 0.3 is 0 Å². The van der Waals surface area contributed by atoms with Crippen LogP contribution in [0.25, 0.3) is 39.8 Å². The van der Waals surface area contributed by atoms with Crippen molar-refractivity contribution < 1.29 is 27.0 Å². The molecule has 0 amide bonds. The van der Waals surface area contributed by atoms with Crippen LogP contribution in [0.2, 0.25) is 5.15 Å². The quantitative estimate of drug-likeness (QED) is 0.284. The minimum atomic E-state index is -4.39. The molecule has 5 aromatic rings. The van der Waals surface area contributed by atoms with Gasteiger partial charge in [0.2, 0.25) is 5.88 Å². The summed E-state index contributed by atoms with van der Waals surface area (Å²) in [5.74, 6) is 0.553. The summed E-state index contributed by atoms with van der Waals surface area (Å²) in [6, 6.07) is 11.2. The average molecular weight is 586 g/mol. The van der Waals surface area contributed by atoms with Crippen molar-refractivity contribution in [1.29, 1.82) is 0 Å². The molecule has 0 bridgehead atoms. The fraction of sp³-hybridized carbons (Fsp3) is 0.160. The molecule has 0 aliphatic carbocycles. The molecule has 0 fully saturated rings. The number of nitrogens with two attached hydrogens (primary N) is 1. The Morgan fingerprint density at radius 2 is 1.73 bits per heavy atom. The van der Waals surface area contributed by atoms with Gasteiger partial charge in [-0.3, -0.25) is 4.57 Å². The number of ether oxygens (including phenoxy) is 3. The van der Waals surface area contributed by atoms with E-state index in [0.29, 0.717) is 35.4 Å². The van der Waals surface area contributed by atoms with Crippen LogP contribution >= 0.6 is 11.6 Å². The van der Waals surface area contributed by atoms with Crippen molar-refractivity contribution in [1.82, 2.24) is 29.5 Å². The molecule has 5 rings (SSSR count). The molecule has 2 N–H and O–H groups in total. The molecular weight excluding hydrogens is 565 g/mol. The van der Waals surface area contributed by atoms with E-state index in [4.69, 9.17) is 31.0 Å². The first kappa shape index (κ1) is 27.2. The molecule has 15 heteroatoms. The number of hydrogen-bond acceptors (Lipinski definition) is 10. The van der Waals surface area contributed by atoms with Crippen LogP contribution in [0.1, 0.15) is 6.92 Å². The van der Waals surface area contributed by atoms with E-state index >= 15 is 0 Å². The van der Waals surface area contributed by atoms with Crippen LogP contribution in [-0.4, -0.2) is 58.7 Å². The van der Waals surface area contributed by atoms with E-state index in [1.54, 1.807) is 41.0 Å². The summed E-state index contributed by atoms with van der Waals surface area (Å²) in [6.45, 7) is 2.22. The Hall–Kier alpha value is -4.40. The van der Waals surface area contributed by atoms with Crippen molar-refractivity contribution in [3.8, 4) is 45.8 Å². The van der Waals surface area contributed by atoms with E-state index in [-0.39, 0.29) is 33.5 Å². The number of fused-ring (bicyclic) bond motifs is 1. The van der Waals surface area contributed by atoms with Gasteiger partial charge in [-0.1, -0.05) is 23.7 Å². The van der Waals surface area contributed by atoms with Gasteiger partial charge in [-0.05, 0) is 31.2 Å². The van der Waals surface area contributed by atoms with Crippen LogP contribution in [-0.2, 0) is 10.0 Å². The Morgan fingerprint density at radius 3 is 2.38 bits per heavy atom.